The predicted octanol–water partition coefficient (Wildman–Crippen LogP) is 1.30. The van der Waals surface area contributed by atoms with E-state index >= 15 is 0 Å². The number of halogens is 1. The van der Waals surface area contributed by atoms with Crippen LogP contribution in [0, 0.1) is 0 Å². The first-order valence-corrected chi connectivity index (χ1v) is 7.71. The van der Waals surface area contributed by atoms with Crippen LogP contribution >= 0.6 is 12.4 Å². The van der Waals surface area contributed by atoms with E-state index in [9.17, 15) is 8.42 Å². The number of pyridine rings is 1. The fourth-order valence-electron chi connectivity index (χ4n) is 2.37. The SMILES string of the molecule is Cl.O=S(=O)(NC1CCNC1)c1cccc2cnccc12. The Labute approximate surface area is 124 Å². The van der Waals surface area contributed by atoms with Gasteiger partial charge in [-0.3, -0.25) is 4.98 Å². The van der Waals surface area contributed by atoms with Crippen LogP contribution in [0.1, 0.15) is 6.42 Å². The molecule has 2 heterocycles. The summed E-state index contributed by atoms with van der Waals surface area (Å²) < 4.78 is 27.6. The van der Waals surface area contributed by atoms with E-state index in [1.165, 1.54) is 0 Å². The Morgan fingerprint density at radius 3 is 2.90 bits per heavy atom. The molecule has 1 aliphatic rings. The van der Waals surface area contributed by atoms with Crippen LogP contribution < -0.4 is 10.0 Å². The number of aromatic nitrogens is 1. The predicted molar refractivity (Wildman–Crippen MR) is 80.6 cm³/mol. The van der Waals surface area contributed by atoms with Crippen molar-refractivity contribution in [1.82, 2.24) is 15.0 Å². The summed E-state index contributed by atoms with van der Waals surface area (Å²) in [4.78, 5) is 4.33. The smallest absolute Gasteiger partial charge is 0.241 e. The summed E-state index contributed by atoms with van der Waals surface area (Å²) in [6.45, 7) is 1.54. The van der Waals surface area contributed by atoms with Crippen molar-refractivity contribution < 1.29 is 8.42 Å². The lowest BCUT2D eigenvalue weighted by atomic mass is 10.2. The number of benzene rings is 1. The fraction of sp³-hybridized carbons (Fsp3) is 0.308. The van der Waals surface area contributed by atoms with Crippen LogP contribution in [0.15, 0.2) is 41.6 Å². The quantitative estimate of drug-likeness (QED) is 0.896. The topological polar surface area (TPSA) is 71.1 Å². The summed E-state index contributed by atoms with van der Waals surface area (Å²) >= 11 is 0. The molecular weight excluding hydrogens is 298 g/mol. The van der Waals surface area contributed by atoms with Gasteiger partial charge in [-0.15, -0.1) is 12.4 Å². The van der Waals surface area contributed by atoms with E-state index in [-0.39, 0.29) is 18.4 Å². The molecule has 1 aromatic carbocycles. The molecule has 2 N–H and O–H groups in total. The summed E-state index contributed by atoms with van der Waals surface area (Å²) in [5, 5.41) is 4.68. The zero-order valence-corrected chi connectivity index (χ0v) is 12.4. The van der Waals surface area contributed by atoms with Gasteiger partial charge in [0.1, 0.15) is 0 Å². The number of nitrogens with zero attached hydrogens (tertiary/aromatic N) is 1. The molecule has 2 aromatic rings. The van der Waals surface area contributed by atoms with Gasteiger partial charge in [-0.25, -0.2) is 13.1 Å². The monoisotopic (exact) mass is 313 g/mol. The Bertz CT molecular complexity index is 694. The van der Waals surface area contributed by atoms with Crippen molar-refractivity contribution >= 4 is 33.2 Å². The fourth-order valence-corrected chi connectivity index (χ4v) is 3.87. The molecule has 0 bridgehead atoms. The molecule has 1 unspecified atom stereocenters. The van der Waals surface area contributed by atoms with E-state index in [4.69, 9.17) is 0 Å². The minimum Gasteiger partial charge on any atom is -0.315 e. The van der Waals surface area contributed by atoms with E-state index in [0.29, 0.717) is 16.8 Å². The van der Waals surface area contributed by atoms with E-state index in [2.05, 4.69) is 15.0 Å². The number of fused-ring (bicyclic) bond motifs is 1. The molecule has 20 heavy (non-hydrogen) atoms. The molecule has 108 valence electrons. The van der Waals surface area contributed by atoms with Crippen LogP contribution in [0.4, 0.5) is 0 Å². The second-order valence-electron chi connectivity index (χ2n) is 4.66. The first kappa shape index (κ1) is 15.2. The standard InChI is InChI=1S/C13H15N3O2S.ClH/c17-19(18,16-11-4-6-15-9-11)13-3-1-2-10-8-14-7-5-12(10)13;/h1-3,5,7-8,11,15-16H,4,6,9H2;1H. The van der Waals surface area contributed by atoms with Crippen LogP contribution in [-0.4, -0.2) is 32.5 Å². The Morgan fingerprint density at radius 1 is 1.30 bits per heavy atom. The largest absolute Gasteiger partial charge is 0.315 e. The third-order valence-electron chi connectivity index (χ3n) is 3.31. The zero-order chi connectivity index (χ0) is 13.3. The van der Waals surface area contributed by atoms with Gasteiger partial charge in [0.2, 0.25) is 10.0 Å². The van der Waals surface area contributed by atoms with Gasteiger partial charge in [0.05, 0.1) is 4.90 Å². The van der Waals surface area contributed by atoms with Gasteiger partial charge in [0.15, 0.2) is 0 Å². The Hall–Kier alpha value is -1.21. The molecule has 0 radical (unpaired) electrons. The highest BCUT2D eigenvalue weighted by atomic mass is 35.5. The summed E-state index contributed by atoms with van der Waals surface area (Å²) in [7, 11) is -3.49. The Morgan fingerprint density at radius 2 is 2.15 bits per heavy atom. The molecular formula is C13H16ClN3O2S. The van der Waals surface area contributed by atoms with Crippen molar-refractivity contribution in [1.29, 1.82) is 0 Å². The van der Waals surface area contributed by atoms with E-state index in [1.807, 2.05) is 6.07 Å². The molecule has 0 spiro atoms. The number of hydrogen-bond donors (Lipinski definition) is 2. The van der Waals surface area contributed by atoms with Gasteiger partial charge in [0, 0.05) is 35.8 Å². The number of rotatable bonds is 3. The molecule has 0 aliphatic carbocycles. The van der Waals surface area contributed by atoms with Crippen molar-refractivity contribution in [2.45, 2.75) is 17.4 Å². The highest BCUT2D eigenvalue weighted by molar-refractivity contribution is 7.89. The second-order valence-corrected chi connectivity index (χ2v) is 6.35. The van der Waals surface area contributed by atoms with Gasteiger partial charge in [-0.1, -0.05) is 12.1 Å². The molecule has 5 nitrogen and oxygen atoms in total. The molecule has 3 rings (SSSR count). The molecule has 0 saturated carbocycles. The van der Waals surface area contributed by atoms with Crippen LogP contribution in [-0.2, 0) is 10.0 Å². The highest BCUT2D eigenvalue weighted by Crippen LogP contribution is 2.22. The third-order valence-corrected chi connectivity index (χ3v) is 4.89. The molecule has 1 saturated heterocycles. The molecule has 7 heteroatoms. The molecule has 1 fully saturated rings. The van der Waals surface area contributed by atoms with Crippen LogP contribution in [0.25, 0.3) is 10.8 Å². The first-order valence-electron chi connectivity index (χ1n) is 6.22. The van der Waals surface area contributed by atoms with Gasteiger partial charge in [-0.2, -0.15) is 0 Å². The summed E-state index contributed by atoms with van der Waals surface area (Å²) in [5.74, 6) is 0. The van der Waals surface area contributed by atoms with Crippen LogP contribution in [0.5, 0.6) is 0 Å². The van der Waals surface area contributed by atoms with E-state index in [1.54, 1.807) is 30.6 Å². The van der Waals surface area contributed by atoms with Gasteiger partial charge < -0.3 is 5.32 Å². The maximum absolute atomic E-state index is 12.4. The third kappa shape index (κ3) is 2.93. The number of nitrogens with one attached hydrogen (secondary N) is 2. The molecule has 1 aromatic heterocycles. The average molecular weight is 314 g/mol. The minimum absolute atomic E-state index is 0. The minimum atomic E-state index is -3.49. The lowest BCUT2D eigenvalue weighted by Crippen LogP contribution is -2.36. The lowest BCUT2D eigenvalue weighted by molar-refractivity contribution is 0.561. The number of sulfonamides is 1. The van der Waals surface area contributed by atoms with Gasteiger partial charge in [0.25, 0.3) is 0 Å². The van der Waals surface area contributed by atoms with Crippen molar-refractivity contribution in [2.24, 2.45) is 0 Å². The Balaban J connectivity index is 0.00000147. The maximum atomic E-state index is 12.4. The van der Waals surface area contributed by atoms with Crippen molar-refractivity contribution in [2.75, 3.05) is 13.1 Å². The van der Waals surface area contributed by atoms with Gasteiger partial charge >= 0.3 is 0 Å². The van der Waals surface area contributed by atoms with Crippen molar-refractivity contribution in [3.63, 3.8) is 0 Å². The van der Waals surface area contributed by atoms with Crippen LogP contribution in [0.3, 0.4) is 0 Å². The second kappa shape index (κ2) is 6.05. The first-order chi connectivity index (χ1) is 9.17. The maximum Gasteiger partial charge on any atom is 0.241 e. The van der Waals surface area contributed by atoms with E-state index in [0.717, 1.165) is 18.4 Å². The van der Waals surface area contributed by atoms with Crippen molar-refractivity contribution in [3.05, 3.63) is 36.7 Å². The van der Waals surface area contributed by atoms with Crippen molar-refractivity contribution in [3.8, 4) is 0 Å². The molecule has 1 aliphatic heterocycles. The molecule has 1 atom stereocenters. The van der Waals surface area contributed by atoms with Gasteiger partial charge in [-0.05, 0) is 25.1 Å². The Kier molecular flexibility index (Phi) is 4.59. The summed E-state index contributed by atoms with van der Waals surface area (Å²) in [5.41, 5.74) is 0. The summed E-state index contributed by atoms with van der Waals surface area (Å²) in [6.07, 6.45) is 4.11. The summed E-state index contributed by atoms with van der Waals surface area (Å²) in [6, 6.07) is 6.94. The van der Waals surface area contributed by atoms with E-state index < -0.39 is 10.0 Å². The highest BCUT2D eigenvalue weighted by Gasteiger charge is 2.23. The van der Waals surface area contributed by atoms with Crippen LogP contribution in [0.2, 0.25) is 0 Å². The zero-order valence-electron chi connectivity index (χ0n) is 10.7. The number of hydrogen-bond acceptors (Lipinski definition) is 4. The normalized spacial score (nSPS) is 18.9. The molecule has 0 amide bonds. The average Bonchev–Trinajstić information content (AvgIpc) is 2.90. The lowest BCUT2D eigenvalue weighted by Gasteiger charge is -2.13.